The van der Waals surface area contributed by atoms with Crippen LogP contribution in [0.25, 0.3) is 0 Å². The summed E-state index contributed by atoms with van der Waals surface area (Å²) in [5.41, 5.74) is 0. The molecular weight excluding hydrogens is 266 g/mol. The molecule has 0 atom stereocenters. The zero-order valence-electron chi connectivity index (χ0n) is 10.7. The van der Waals surface area contributed by atoms with Crippen molar-refractivity contribution in [1.82, 2.24) is 20.8 Å². The number of nitrogens with one attached hydrogen (secondary N) is 3. The summed E-state index contributed by atoms with van der Waals surface area (Å²) >= 11 is 1.20. The fourth-order valence-corrected chi connectivity index (χ4v) is 2.16. The second kappa shape index (κ2) is 6.46. The van der Waals surface area contributed by atoms with Crippen molar-refractivity contribution < 1.29 is 9.59 Å². The van der Waals surface area contributed by atoms with Crippen LogP contribution in [0.3, 0.4) is 0 Å². The van der Waals surface area contributed by atoms with Gasteiger partial charge in [0.1, 0.15) is 0 Å². The monoisotopic (exact) mass is 283 g/mol. The highest BCUT2D eigenvalue weighted by Crippen LogP contribution is 2.18. The molecule has 1 saturated carbocycles. The number of aromatic nitrogens is 2. The Kier molecular flexibility index (Phi) is 4.67. The van der Waals surface area contributed by atoms with E-state index in [-0.39, 0.29) is 11.8 Å². The molecule has 19 heavy (non-hydrogen) atoms. The molecule has 0 unspecified atom stereocenters. The fraction of sp³-hybridized carbons (Fsp3) is 0.636. The van der Waals surface area contributed by atoms with Crippen molar-refractivity contribution in [2.24, 2.45) is 0 Å². The van der Waals surface area contributed by atoms with Gasteiger partial charge in [-0.3, -0.25) is 9.59 Å². The lowest BCUT2D eigenvalue weighted by molar-refractivity contribution is -0.121. The molecule has 3 N–H and O–H groups in total. The molecule has 1 fully saturated rings. The molecule has 2 amide bonds. The van der Waals surface area contributed by atoms with Gasteiger partial charge in [0, 0.05) is 25.6 Å². The van der Waals surface area contributed by atoms with Crippen molar-refractivity contribution in [2.45, 2.75) is 32.2 Å². The number of anilines is 1. The van der Waals surface area contributed by atoms with Crippen LogP contribution in [0.1, 0.15) is 36.0 Å². The Bertz CT molecular complexity index is 458. The maximum atomic E-state index is 11.7. The minimum atomic E-state index is -0.291. The zero-order valence-corrected chi connectivity index (χ0v) is 11.5. The predicted octanol–water partition coefficient (Wildman–Crippen LogP) is 0.368. The Balaban J connectivity index is 1.69. The molecule has 1 aromatic heterocycles. The normalized spacial score (nSPS) is 13.9. The SMILES string of the molecule is CCNc1nnc(C(=O)NCCC(=O)NC2CC2)s1. The van der Waals surface area contributed by atoms with Gasteiger partial charge >= 0.3 is 0 Å². The lowest BCUT2D eigenvalue weighted by atomic mass is 10.4. The molecule has 2 rings (SSSR count). The van der Waals surface area contributed by atoms with Crippen LogP contribution in [-0.2, 0) is 4.79 Å². The lowest BCUT2D eigenvalue weighted by Gasteiger charge is -2.03. The van der Waals surface area contributed by atoms with Gasteiger partial charge < -0.3 is 16.0 Å². The highest BCUT2D eigenvalue weighted by molar-refractivity contribution is 7.17. The summed E-state index contributed by atoms with van der Waals surface area (Å²) in [5, 5.41) is 17.1. The van der Waals surface area contributed by atoms with Crippen LogP contribution in [-0.4, -0.2) is 41.1 Å². The Hall–Kier alpha value is -1.70. The van der Waals surface area contributed by atoms with Crippen molar-refractivity contribution in [1.29, 1.82) is 0 Å². The summed E-state index contributed by atoms with van der Waals surface area (Å²) in [7, 11) is 0. The summed E-state index contributed by atoms with van der Waals surface area (Å²) in [6, 6.07) is 0.356. The van der Waals surface area contributed by atoms with E-state index >= 15 is 0 Å². The van der Waals surface area contributed by atoms with Gasteiger partial charge in [-0.25, -0.2) is 0 Å². The molecule has 1 aliphatic rings. The first kappa shape index (κ1) is 13.7. The standard InChI is InChI=1S/C11H17N5O2S/c1-2-12-11-16-15-10(19-11)9(18)13-6-5-8(17)14-7-3-4-7/h7H,2-6H2,1H3,(H,12,16)(H,13,18)(H,14,17). The van der Waals surface area contributed by atoms with E-state index in [1.807, 2.05) is 6.92 Å². The molecule has 1 aliphatic carbocycles. The third kappa shape index (κ3) is 4.47. The maximum Gasteiger partial charge on any atom is 0.282 e. The number of amides is 2. The van der Waals surface area contributed by atoms with E-state index < -0.39 is 0 Å². The first-order valence-corrected chi connectivity index (χ1v) is 7.15. The number of hydrogen-bond donors (Lipinski definition) is 3. The molecule has 0 aromatic carbocycles. The minimum absolute atomic E-state index is 0.0200. The molecule has 104 valence electrons. The molecule has 8 heteroatoms. The van der Waals surface area contributed by atoms with Crippen molar-refractivity contribution >= 4 is 28.3 Å². The third-order valence-corrected chi connectivity index (χ3v) is 3.41. The average molecular weight is 283 g/mol. The van der Waals surface area contributed by atoms with E-state index in [4.69, 9.17) is 0 Å². The average Bonchev–Trinajstić information content (AvgIpc) is 3.05. The molecule has 0 spiro atoms. The molecule has 7 nitrogen and oxygen atoms in total. The van der Waals surface area contributed by atoms with Crippen LogP contribution in [0.4, 0.5) is 5.13 Å². The first-order chi connectivity index (χ1) is 9.19. The van der Waals surface area contributed by atoms with Gasteiger partial charge in [0.25, 0.3) is 5.91 Å². The van der Waals surface area contributed by atoms with Crippen LogP contribution in [0, 0.1) is 0 Å². The number of carbonyl (C=O) groups is 2. The number of carbonyl (C=O) groups excluding carboxylic acids is 2. The summed E-state index contributed by atoms with van der Waals surface area (Å²) < 4.78 is 0. The van der Waals surface area contributed by atoms with Gasteiger partial charge in [0.05, 0.1) is 0 Å². The van der Waals surface area contributed by atoms with E-state index in [2.05, 4.69) is 26.1 Å². The van der Waals surface area contributed by atoms with Gasteiger partial charge in [-0.1, -0.05) is 11.3 Å². The van der Waals surface area contributed by atoms with E-state index in [9.17, 15) is 9.59 Å². The summed E-state index contributed by atoms with van der Waals surface area (Å²) in [4.78, 5) is 23.1. The molecule has 0 aliphatic heterocycles. The third-order valence-electron chi connectivity index (χ3n) is 2.53. The first-order valence-electron chi connectivity index (χ1n) is 6.34. The zero-order chi connectivity index (χ0) is 13.7. The number of rotatable bonds is 7. The summed E-state index contributed by atoms with van der Waals surface area (Å²) in [5.74, 6) is -0.311. The van der Waals surface area contributed by atoms with Crippen molar-refractivity contribution in [3.63, 3.8) is 0 Å². The molecule has 0 saturated heterocycles. The second-order valence-electron chi connectivity index (χ2n) is 4.29. The molecule has 0 radical (unpaired) electrons. The molecule has 1 aromatic rings. The minimum Gasteiger partial charge on any atom is -0.360 e. The van der Waals surface area contributed by atoms with Gasteiger partial charge in [-0.2, -0.15) is 0 Å². The van der Waals surface area contributed by atoms with E-state index in [1.165, 1.54) is 11.3 Å². The van der Waals surface area contributed by atoms with Gasteiger partial charge in [0.2, 0.25) is 16.0 Å². The van der Waals surface area contributed by atoms with E-state index in [0.29, 0.717) is 29.1 Å². The van der Waals surface area contributed by atoms with Crippen LogP contribution < -0.4 is 16.0 Å². The predicted molar refractivity (Wildman–Crippen MR) is 72.2 cm³/mol. The van der Waals surface area contributed by atoms with Gasteiger partial charge in [-0.05, 0) is 19.8 Å². The summed E-state index contributed by atoms with van der Waals surface area (Å²) in [6.45, 7) is 2.99. The van der Waals surface area contributed by atoms with Crippen molar-refractivity contribution in [3.8, 4) is 0 Å². The lowest BCUT2D eigenvalue weighted by Crippen LogP contribution is -2.31. The van der Waals surface area contributed by atoms with Crippen molar-refractivity contribution in [3.05, 3.63) is 5.01 Å². The maximum absolute atomic E-state index is 11.7. The Morgan fingerprint density at radius 2 is 2.16 bits per heavy atom. The summed E-state index contributed by atoms with van der Waals surface area (Å²) in [6.07, 6.45) is 2.42. The largest absolute Gasteiger partial charge is 0.360 e. The van der Waals surface area contributed by atoms with Crippen LogP contribution in [0.2, 0.25) is 0 Å². The topological polar surface area (TPSA) is 96.0 Å². The highest BCUT2D eigenvalue weighted by Gasteiger charge is 2.23. The second-order valence-corrected chi connectivity index (χ2v) is 5.27. The highest BCUT2D eigenvalue weighted by atomic mass is 32.1. The van der Waals surface area contributed by atoms with Crippen LogP contribution in [0.5, 0.6) is 0 Å². The van der Waals surface area contributed by atoms with Crippen molar-refractivity contribution in [2.75, 3.05) is 18.4 Å². The Morgan fingerprint density at radius 3 is 2.84 bits per heavy atom. The quantitative estimate of drug-likeness (QED) is 0.672. The van der Waals surface area contributed by atoms with E-state index in [0.717, 1.165) is 19.4 Å². The number of nitrogens with zero attached hydrogens (tertiary/aromatic N) is 2. The Labute approximate surface area is 115 Å². The molecule has 0 bridgehead atoms. The van der Waals surface area contributed by atoms with E-state index in [1.54, 1.807) is 0 Å². The van der Waals surface area contributed by atoms with Crippen LogP contribution in [0.15, 0.2) is 0 Å². The molecule has 1 heterocycles. The van der Waals surface area contributed by atoms with Gasteiger partial charge in [0.15, 0.2) is 0 Å². The van der Waals surface area contributed by atoms with Gasteiger partial charge in [-0.15, -0.1) is 10.2 Å². The Morgan fingerprint density at radius 1 is 1.37 bits per heavy atom. The number of hydrogen-bond acceptors (Lipinski definition) is 6. The molecular formula is C11H17N5O2S. The fourth-order valence-electron chi connectivity index (χ4n) is 1.43. The smallest absolute Gasteiger partial charge is 0.282 e. The van der Waals surface area contributed by atoms with Crippen LogP contribution >= 0.6 is 11.3 Å².